The number of carbonyl (C=O) groups excluding carboxylic acids is 1. The van der Waals surface area contributed by atoms with Gasteiger partial charge in [-0.15, -0.1) is 0 Å². The molecular weight excluding hydrogens is 474 g/mol. The first-order valence-electron chi connectivity index (χ1n) is 7.21. The molecule has 8 heteroatoms. The number of benzene rings is 2. The fourth-order valence-corrected chi connectivity index (χ4v) is 4.53. The van der Waals surface area contributed by atoms with Crippen molar-refractivity contribution in [3.05, 3.63) is 56.5 Å². The predicted molar refractivity (Wildman–Crippen MR) is 104 cm³/mol. The fourth-order valence-electron chi connectivity index (χ4n) is 2.27. The summed E-state index contributed by atoms with van der Waals surface area (Å²) in [6, 6.07) is 10.1. The summed E-state index contributed by atoms with van der Waals surface area (Å²) in [4.78, 5) is 14.3. The lowest BCUT2D eigenvalue weighted by Gasteiger charge is -2.19. The maximum absolute atomic E-state index is 12.7. The van der Waals surface area contributed by atoms with Gasteiger partial charge in [-0.25, -0.2) is 8.42 Å². The Balaban J connectivity index is 2.29. The molecule has 0 radical (unpaired) electrons. The Hall–Kier alpha value is -1.38. The second kappa shape index (κ2) is 7.88. The molecule has 0 aliphatic heterocycles. The molecule has 0 bridgehead atoms. The van der Waals surface area contributed by atoms with Gasteiger partial charge in [0.2, 0.25) is 0 Å². The largest absolute Gasteiger partial charge is 0.497 e. The summed E-state index contributed by atoms with van der Waals surface area (Å²) in [5.74, 6) is 0.425. The first-order chi connectivity index (χ1) is 11.6. The number of hydrogen-bond acceptors (Lipinski definition) is 4. The van der Waals surface area contributed by atoms with Crippen LogP contribution in [0.25, 0.3) is 0 Å². The molecule has 25 heavy (non-hydrogen) atoms. The van der Waals surface area contributed by atoms with E-state index in [1.54, 1.807) is 26.3 Å². The number of halogens is 2. The summed E-state index contributed by atoms with van der Waals surface area (Å²) >= 11 is 6.67. The smallest absolute Gasteiger partial charge is 0.253 e. The van der Waals surface area contributed by atoms with Crippen LogP contribution in [0.3, 0.4) is 0 Å². The van der Waals surface area contributed by atoms with Gasteiger partial charge in [0, 0.05) is 34.4 Å². The zero-order valence-electron chi connectivity index (χ0n) is 13.9. The number of hydrogen-bond donors (Lipinski definition) is 0. The quantitative estimate of drug-likeness (QED) is 0.637. The molecule has 0 N–H and O–H groups in total. The Kier molecular flexibility index (Phi) is 6.29. The van der Waals surface area contributed by atoms with E-state index in [1.807, 2.05) is 18.2 Å². The van der Waals surface area contributed by atoms with Crippen molar-refractivity contribution in [3.63, 3.8) is 0 Å². The van der Waals surface area contributed by atoms with E-state index in [0.717, 1.165) is 16.3 Å². The molecule has 1 amide bonds. The van der Waals surface area contributed by atoms with Crippen molar-refractivity contribution < 1.29 is 17.9 Å². The maximum Gasteiger partial charge on any atom is 0.253 e. The molecule has 0 spiro atoms. The van der Waals surface area contributed by atoms with Crippen LogP contribution in [0.1, 0.15) is 15.9 Å². The van der Waals surface area contributed by atoms with Crippen molar-refractivity contribution in [2.75, 3.05) is 20.4 Å². The molecule has 0 atom stereocenters. The number of methoxy groups -OCH3 is 1. The van der Waals surface area contributed by atoms with E-state index in [-0.39, 0.29) is 10.8 Å². The van der Waals surface area contributed by atoms with Crippen LogP contribution >= 0.6 is 31.9 Å². The molecule has 2 rings (SSSR count). The first-order valence-corrected chi connectivity index (χ1v) is 10.7. The highest BCUT2D eigenvalue weighted by molar-refractivity contribution is 9.10. The van der Waals surface area contributed by atoms with Gasteiger partial charge in [0.1, 0.15) is 5.75 Å². The molecule has 134 valence electrons. The van der Waals surface area contributed by atoms with Crippen molar-refractivity contribution in [2.24, 2.45) is 0 Å². The topological polar surface area (TPSA) is 63.7 Å². The third-order valence-corrected chi connectivity index (χ3v) is 6.45. The highest BCUT2D eigenvalue weighted by Crippen LogP contribution is 2.26. The minimum absolute atomic E-state index is 0.0920. The van der Waals surface area contributed by atoms with E-state index in [2.05, 4.69) is 31.9 Å². The molecule has 0 heterocycles. The Labute approximate surface area is 164 Å². The molecule has 0 fully saturated rings. The summed E-state index contributed by atoms with van der Waals surface area (Å²) in [5.41, 5.74) is 1.20. The predicted octanol–water partition coefficient (Wildman–Crippen LogP) is 3.90. The average molecular weight is 491 g/mol. The molecule has 0 saturated heterocycles. The minimum atomic E-state index is -3.43. The molecule has 2 aromatic carbocycles. The number of rotatable bonds is 5. The van der Waals surface area contributed by atoms with Crippen LogP contribution in [0, 0.1) is 0 Å². The standard InChI is InChI=1S/C17H17Br2NO4S/c1-20(10-12-8-13(24-2)5-7-14(12)18)17(21)11-4-6-15(19)16(9-11)25(3,22)23/h4-9H,10H2,1-3H3. The molecule has 0 aliphatic carbocycles. The number of sulfone groups is 1. The van der Waals surface area contributed by atoms with Gasteiger partial charge in [0.05, 0.1) is 12.0 Å². The van der Waals surface area contributed by atoms with Crippen LogP contribution in [-0.4, -0.2) is 39.6 Å². The summed E-state index contributed by atoms with van der Waals surface area (Å²) in [6.45, 7) is 0.348. The molecular formula is C17H17Br2NO4S. The van der Waals surface area contributed by atoms with Crippen LogP contribution in [0.4, 0.5) is 0 Å². The van der Waals surface area contributed by atoms with Crippen LogP contribution in [0.5, 0.6) is 5.75 Å². The third-order valence-electron chi connectivity index (χ3n) is 3.58. The molecule has 0 saturated carbocycles. The highest BCUT2D eigenvalue weighted by Gasteiger charge is 2.18. The Morgan fingerprint density at radius 3 is 2.36 bits per heavy atom. The molecule has 0 aliphatic rings. The van der Waals surface area contributed by atoms with Gasteiger partial charge in [0.25, 0.3) is 5.91 Å². The van der Waals surface area contributed by atoms with Gasteiger partial charge >= 0.3 is 0 Å². The van der Waals surface area contributed by atoms with Crippen LogP contribution in [0.2, 0.25) is 0 Å². The van der Waals surface area contributed by atoms with E-state index in [4.69, 9.17) is 4.74 Å². The number of ether oxygens (including phenoxy) is 1. The second-order valence-corrected chi connectivity index (χ2v) is 9.23. The molecule has 5 nitrogen and oxygen atoms in total. The van der Waals surface area contributed by atoms with Gasteiger partial charge in [-0.1, -0.05) is 15.9 Å². The Morgan fingerprint density at radius 1 is 1.12 bits per heavy atom. The number of nitrogens with zero attached hydrogens (tertiary/aromatic N) is 1. The lowest BCUT2D eigenvalue weighted by atomic mass is 10.1. The molecule has 0 aromatic heterocycles. The lowest BCUT2D eigenvalue weighted by molar-refractivity contribution is 0.0784. The average Bonchev–Trinajstić information content (AvgIpc) is 2.55. The van der Waals surface area contributed by atoms with Crippen molar-refractivity contribution in [1.82, 2.24) is 4.90 Å². The van der Waals surface area contributed by atoms with Gasteiger partial charge < -0.3 is 9.64 Å². The molecule has 0 unspecified atom stereocenters. The fraction of sp³-hybridized carbons (Fsp3) is 0.235. The van der Waals surface area contributed by atoms with Gasteiger partial charge in [-0.3, -0.25) is 4.79 Å². The van der Waals surface area contributed by atoms with E-state index >= 15 is 0 Å². The second-order valence-electron chi connectivity index (χ2n) is 5.54. The van der Waals surface area contributed by atoms with E-state index in [0.29, 0.717) is 22.3 Å². The highest BCUT2D eigenvalue weighted by atomic mass is 79.9. The van der Waals surface area contributed by atoms with Gasteiger partial charge in [0.15, 0.2) is 9.84 Å². The zero-order valence-corrected chi connectivity index (χ0v) is 17.9. The van der Waals surface area contributed by atoms with Gasteiger partial charge in [-0.05, 0) is 57.9 Å². The number of amides is 1. The Morgan fingerprint density at radius 2 is 1.76 bits per heavy atom. The molecule has 2 aromatic rings. The third kappa shape index (κ3) is 4.83. The van der Waals surface area contributed by atoms with E-state index in [9.17, 15) is 13.2 Å². The maximum atomic E-state index is 12.7. The Bertz CT molecular complexity index is 913. The van der Waals surface area contributed by atoms with Crippen molar-refractivity contribution >= 4 is 47.6 Å². The van der Waals surface area contributed by atoms with Gasteiger partial charge in [-0.2, -0.15) is 0 Å². The van der Waals surface area contributed by atoms with Crippen LogP contribution in [0.15, 0.2) is 50.2 Å². The summed E-state index contributed by atoms with van der Waals surface area (Å²) in [6.07, 6.45) is 1.11. The minimum Gasteiger partial charge on any atom is -0.497 e. The van der Waals surface area contributed by atoms with Crippen LogP contribution < -0.4 is 4.74 Å². The van der Waals surface area contributed by atoms with Crippen molar-refractivity contribution in [1.29, 1.82) is 0 Å². The summed E-state index contributed by atoms with van der Waals surface area (Å²) < 4.78 is 30.2. The summed E-state index contributed by atoms with van der Waals surface area (Å²) in [7, 11) is -0.189. The normalized spacial score (nSPS) is 11.2. The van der Waals surface area contributed by atoms with E-state index < -0.39 is 9.84 Å². The van der Waals surface area contributed by atoms with E-state index in [1.165, 1.54) is 11.0 Å². The van der Waals surface area contributed by atoms with Crippen molar-refractivity contribution in [2.45, 2.75) is 11.4 Å². The van der Waals surface area contributed by atoms with Crippen molar-refractivity contribution in [3.8, 4) is 5.75 Å². The SMILES string of the molecule is COc1ccc(Br)c(CN(C)C(=O)c2ccc(Br)c(S(C)(=O)=O)c2)c1. The zero-order chi connectivity index (χ0) is 18.8. The lowest BCUT2D eigenvalue weighted by Crippen LogP contribution is -2.26. The number of carbonyl (C=O) groups is 1. The monoisotopic (exact) mass is 489 g/mol. The first kappa shape index (κ1) is 19.9. The van der Waals surface area contributed by atoms with Crippen LogP contribution in [-0.2, 0) is 16.4 Å². The summed E-state index contributed by atoms with van der Waals surface area (Å²) in [5, 5.41) is 0.